The summed E-state index contributed by atoms with van der Waals surface area (Å²) in [5.74, 6) is 1.13. The van der Waals surface area contributed by atoms with Crippen LogP contribution >= 0.6 is 0 Å². The first-order chi connectivity index (χ1) is 7.55. The van der Waals surface area contributed by atoms with Crippen LogP contribution in [0.4, 0.5) is 5.69 Å². The van der Waals surface area contributed by atoms with E-state index in [0.717, 1.165) is 18.0 Å². The predicted molar refractivity (Wildman–Crippen MR) is 64.0 cm³/mol. The monoisotopic (exact) mass is 219 g/mol. The molecule has 0 amide bonds. The molecule has 2 rings (SSSR count). The van der Waals surface area contributed by atoms with Gasteiger partial charge in [-0.05, 0) is 26.0 Å². The standard InChI is InChI=1S/C13H17NO2/c1-13(2)12(15)7-8-14(13)10-5-4-6-11(9-10)16-3/h4-6,9H,7-8H2,1-3H3. The second kappa shape index (κ2) is 3.81. The highest BCUT2D eigenvalue weighted by molar-refractivity contribution is 5.94. The molecule has 86 valence electrons. The van der Waals surface area contributed by atoms with Gasteiger partial charge in [-0.2, -0.15) is 0 Å². The summed E-state index contributed by atoms with van der Waals surface area (Å²) in [5, 5.41) is 0. The van der Waals surface area contributed by atoms with Gasteiger partial charge in [0.1, 0.15) is 5.75 Å². The Bertz CT molecular complexity index is 412. The van der Waals surface area contributed by atoms with Gasteiger partial charge in [0.2, 0.25) is 0 Å². The Kier molecular flexibility index (Phi) is 2.62. The van der Waals surface area contributed by atoms with Crippen molar-refractivity contribution in [2.45, 2.75) is 25.8 Å². The number of rotatable bonds is 2. The Morgan fingerprint density at radius 3 is 2.69 bits per heavy atom. The third-order valence-corrected chi connectivity index (χ3v) is 3.28. The van der Waals surface area contributed by atoms with Gasteiger partial charge in [0.15, 0.2) is 5.78 Å². The molecule has 0 radical (unpaired) electrons. The minimum absolute atomic E-state index is 0.301. The van der Waals surface area contributed by atoms with Crippen LogP contribution in [0, 0.1) is 0 Å². The zero-order chi connectivity index (χ0) is 11.8. The summed E-state index contributed by atoms with van der Waals surface area (Å²) >= 11 is 0. The van der Waals surface area contributed by atoms with Gasteiger partial charge in [-0.25, -0.2) is 0 Å². The van der Waals surface area contributed by atoms with Gasteiger partial charge < -0.3 is 9.64 Å². The summed E-state index contributed by atoms with van der Waals surface area (Å²) in [6.45, 7) is 4.74. The lowest BCUT2D eigenvalue weighted by Gasteiger charge is -2.32. The average molecular weight is 219 g/mol. The Balaban J connectivity index is 2.34. The van der Waals surface area contributed by atoms with Crippen LogP contribution in [0.25, 0.3) is 0 Å². The number of methoxy groups -OCH3 is 1. The summed E-state index contributed by atoms with van der Waals surface area (Å²) < 4.78 is 5.20. The maximum atomic E-state index is 11.8. The first-order valence-corrected chi connectivity index (χ1v) is 5.50. The van der Waals surface area contributed by atoms with E-state index in [1.165, 1.54) is 0 Å². The molecule has 0 unspecified atom stereocenters. The molecule has 1 aromatic rings. The molecule has 1 fully saturated rings. The van der Waals surface area contributed by atoms with Crippen molar-refractivity contribution in [1.82, 2.24) is 0 Å². The second-order valence-electron chi connectivity index (χ2n) is 4.59. The van der Waals surface area contributed by atoms with Crippen LogP contribution < -0.4 is 9.64 Å². The maximum absolute atomic E-state index is 11.8. The summed E-state index contributed by atoms with van der Waals surface area (Å²) in [5.41, 5.74) is 0.655. The Morgan fingerprint density at radius 2 is 2.12 bits per heavy atom. The second-order valence-corrected chi connectivity index (χ2v) is 4.59. The highest BCUT2D eigenvalue weighted by Crippen LogP contribution is 2.32. The number of Topliss-reactive ketones (excluding diaryl/α,β-unsaturated/α-hetero) is 1. The van der Waals surface area contributed by atoms with Crippen molar-refractivity contribution < 1.29 is 9.53 Å². The SMILES string of the molecule is COc1cccc(N2CCC(=O)C2(C)C)c1. The lowest BCUT2D eigenvalue weighted by Crippen LogP contribution is -2.42. The van der Waals surface area contributed by atoms with Gasteiger partial charge in [0.25, 0.3) is 0 Å². The number of benzene rings is 1. The van der Waals surface area contributed by atoms with Crippen molar-refractivity contribution in [3.8, 4) is 5.75 Å². The molecular weight excluding hydrogens is 202 g/mol. The average Bonchev–Trinajstić information content (AvgIpc) is 2.54. The summed E-state index contributed by atoms with van der Waals surface area (Å²) in [7, 11) is 1.65. The molecule has 1 saturated heterocycles. The van der Waals surface area contributed by atoms with E-state index < -0.39 is 5.54 Å². The molecule has 0 spiro atoms. The van der Waals surface area contributed by atoms with Crippen LogP contribution in [0.15, 0.2) is 24.3 Å². The largest absolute Gasteiger partial charge is 0.497 e. The lowest BCUT2D eigenvalue weighted by atomic mass is 10.00. The van der Waals surface area contributed by atoms with E-state index in [1.54, 1.807) is 7.11 Å². The van der Waals surface area contributed by atoms with Crippen molar-refractivity contribution in [3.05, 3.63) is 24.3 Å². The lowest BCUT2D eigenvalue weighted by molar-refractivity contribution is -0.120. The van der Waals surface area contributed by atoms with E-state index in [-0.39, 0.29) is 0 Å². The first kappa shape index (κ1) is 11.0. The van der Waals surface area contributed by atoms with Crippen LogP contribution in [-0.4, -0.2) is 25.0 Å². The van der Waals surface area contributed by atoms with Gasteiger partial charge >= 0.3 is 0 Å². The number of anilines is 1. The maximum Gasteiger partial charge on any atom is 0.159 e. The normalized spacial score (nSPS) is 18.9. The molecule has 3 nitrogen and oxygen atoms in total. The Hall–Kier alpha value is -1.51. The van der Waals surface area contributed by atoms with Gasteiger partial charge in [-0.1, -0.05) is 6.07 Å². The van der Waals surface area contributed by atoms with E-state index in [1.807, 2.05) is 38.1 Å². The molecule has 1 aliphatic rings. The molecule has 1 aliphatic heterocycles. The molecule has 3 heteroatoms. The van der Waals surface area contributed by atoms with Gasteiger partial charge in [0, 0.05) is 24.7 Å². The molecule has 1 aromatic carbocycles. The van der Waals surface area contributed by atoms with Crippen LogP contribution in [0.3, 0.4) is 0 Å². The zero-order valence-corrected chi connectivity index (χ0v) is 9.99. The van der Waals surface area contributed by atoms with Crippen LogP contribution in [-0.2, 0) is 4.79 Å². The van der Waals surface area contributed by atoms with E-state index in [0.29, 0.717) is 12.2 Å². The third kappa shape index (κ3) is 1.66. The predicted octanol–water partition coefficient (Wildman–Crippen LogP) is 2.25. The fourth-order valence-corrected chi connectivity index (χ4v) is 2.18. The van der Waals surface area contributed by atoms with Gasteiger partial charge in [-0.3, -0.25) is 4.79 Å². The van der Waals surface area contributed by atoms with Crippen molar-refractivity contribution >= 4 is 11.5 Å². The van der Waals surface area contributed by atoms with Crippen molar-refractivity contribution in [2.75, 3.05) is 18.6 Å². The molecule has 0 aliphatic carbocycles. The molecule has 0 N–H and O–H groups in total. The van der Waals surface area contributed by atoms with Crippen LogP contribution in [0.1, 0.15) is 20.3 Å². The minimum Gasteiger partial charge on any atom is -0.497 e. The summed E-state index contributed by atoms with van der Waals surface area (Å²) in [6, 6.07) is 7.85. The topological polar surface area (TPSA) is 29.5 Å². The van der Waals surface area contributed by atoms with E-state index in [2.05, 4.69) is 4.90 Å². The van der Waals surface area contributed by atoms with Gasteiger partial charge in [-0.15, -0.1) is 0 Å². The Labute approximate surface area is 96.0 Å². The number of carbonyl (C=O) groups is 1. The zero-order valence-electron chi connectivity index (χ0n) is 9.99. The number of ether oxygens (including phenoxy) is 1. The van der Waals surface area contributed by atoms with Gasteiger partial charge in [0.05, 0.1) is 12.6 Å². The number of hydrogen-bond acceptors (Lipinski definition) is 3. The van der Waals surface area contributed by atoms with Crippen molar-refractivity contribution in [1.29, 1.82) is 0 Å². The smallest absolute Gasteiger partial charge is 0.159 e. The molecule has 0 bridgehead atoms. The minimum atomic E-state index is -0.396. The van der Waals surface area contributed by atoms with E-state index in [9.17, 15) is 4.79 Å². The molecule has 1 heterocycles. The van der Waals surface area contributed by atoms with E-state index >= 15 is 0 Å². The fourth-order valence-electron chi connectivity index (χ4n) is 2.18. The van der Waals surface area contributed by atoms with Crippen LogP contribution in [0.5, 0.6) is 5.75 Å². The van der Waals surface area contributed by atoms with E-state index in [4.69, 9.17) is 4.74 Å². The van der Waals surface area contributed by atoms with Crippen molar-refractivity contribution in [3.63, 3.8) is 0 Å². The number of ketones is 1. The molecule has 0 saturated carbocycles. The quantitative estimate of drug-likeness (QED) is 0.764. The number of hydrogen-bond donors (Lipinski definition) is 0. The molecule has 0 atom stereocenters. The Morgan fingerprint density at radius 1 is 1.38 bits per heavy atom. The number of nitrogens with zero attached hydrogens (tertiary/aromatic N) is 1. The first-order valence-electron chi connectivity index (χ1n) is 5.50. The third-order valence-electron chi connectivity index (χ3n) is 3.28. The number of carbonyl (C=O) groups excluding carboxylic acids is 1. The molecule has 0 aromatic heterocycles. The highest BCUT2D eigenvalue weighted by Gasteiger charge is 2.39. The molecular formula is C13H17NO2. The summed E-state index contributed by atoms with van der Waals surface area (Å²) in [6.07, 6.45) is 0.629. The summed E-state index contributed by atoms with van der Waals surface area (Å²) in [4.78, 5) is 13.9. The fraction of sp³-hybridized carbons (Fsp3) is 0.462. The van der Waals surface area contributed by atoms with Crippen molar-refractivity contribution in [2.24, 2.45) is 0 Å². The van der Waals surface area contributed by atoms with Crippen LogP contribution in [0.2, 0.25) is 0 Å². The highest BCUT2D eigenvalue weighted by atomic mass is 16.5. The molecule has 16 heavy (non-hydrogen) atoms.